The van der Waals surface area contributed by atoms with Gasteiger partial charge in [-0.3, -0.25) is 14.6 Å². The molecule has 0 unspecified atom stereocenters. The summed E-state index contributed by atoms with van der Waals surface area (Å²) >= 11 is 0. The molecule has 10 heteroatoms. The molecule has 4 aromatic rings. The third-order valence-corrected chi connectivity index (χ3v) is 8.16. The summed E-state index contributed by atoms with van der Waals surface area (Å²) < 4.78 is 13.1. The standard InChI is InChI=1S/C30H37N7O3/c1-3-21-9-10-27-23(16-21)18-26(30(38)31-27)28(29-32-33-34-37(29)20-25-8-5-15-40-25)36-13-11-35(12-14-36)19-22-6-4-7-24(17-22)39-2/h4,6-7,9-10,16-18,25,28H,3,5,8,11-15,19-20H2,1-2H3,(H,31,38)/t25-,28+/m0/s1. The van der Waals surface area contributed by atoms with Crippen LogP contribution in [0.15, 0.2) is 53.3 Å². The Morgan fingerprint density at radius 3 is 2.75 bits per heavy atom. The van der Waals surface area contributed by atoms with Crippen molar-refractivity contribution in [2.24, 2.45) is 0 Å². The fourth-order valence-corrected chi connectivity index (χ4v) is 5.92. The molecule has 6 rings (SSSR count). The average Bonchev–Trinajstić information content (AvgIpc) is 3.67. The minimum Gasteiger partial charge on any atom is -0.497 e. The van der Waals surface area contributed by atoms with Crippen LogP contribution in [0.4, 0.5) is 0 Å². The van der Waals surface area contributed by atoms with Gasteiger partial charge in [-0.2, -0.15) is 0 Å². The Kier molecular flexibility index (Phi) is 7.90. The SMILES string of the molecule is CCc1ccc2[nH]c(=O)c([C@H](c3nnnn3C[C@@H]3CCCO3)N3CCN(Cc4cccc(OC)c4)CC3)cc2c1. The fraction of sp³-hybridized carbons (Fsp3) is 0.467. The van der Waals surface area contributed by atoms with Crippen LogP contribution in [0.2, 0.25) is 0 Å². The number of methoxy groups -OCH3 is 1. The van der Waals surface area contributed by atoms with Crippen molar-refractivity contribution in [1.29, 1.82) is 0 Å². The second-order valence-electron chi connectivity index (χ2n) is 10.7. The maximum Gasteiger partial charge on any atom is 0.253 e. The number of aromatic nitrogens is 5. The molecule has 0 aliphatic carbocycles. The number of ether oxygens (including phenoxy) is 2. The highest BCUT2D eigenvalue weighted by Gasteiger charge is 2.33. The Morgan fingerprint density at radius 2 is 1.98 bits per heavy atom. The highest BCUT2D eigenvalue weighted by Crippen LogP contribution is 2.29. The first kappa shape index (κ1) is 26.6. The number of fused-ring (bicyclic) bond motifs is 1. The van der Waals surface area contributed by atoms with E-state index in [0.29, 0.717) is 17.9 Å². The van der Waals surface area contributed by atoms with Gasteiger partial charge in [0.2, 0.25) is 0 Å². The number of rotatable bonds is 9. The van der Waals surface area contributed by atoms with Gasteiger partial charge in [0.05, 0.1) is 19.8 Å². The lowest BCUT2D eigenvalue weighted by Crippen LogP contribution is -2.48. The molecule has 2 aliphatic rings. The minimum atomic E-state index is -0.367. The van der Waals surface area contributed by atoms with Crippen LogP contribution in [-0.2, 0) is 24.2 Å². The minimum absolute atomic E-state index is 0.0876. The van der Waals surface area contributed by atoms with E-state index >= 15 is 0 Å². The number of H-pyrrole nitrogens is 1. The molecule has 2 aliphatic heterocycles. The first-order chi connectivity index (χ1) is 19.6. The van der Waals surface area contributed by atoms with Crippen molar-refractivity contribution < 1.29 is 9.47 Å². The third-order valence-electron chi connectivity index (χ3n) is 8.16. The molecule has 1 N–H and O–H groups in total. The first-order valence-electron chi connectivity index (χ1n) is 14.2. The monoisotopic (exact) mass is 543 g/mol. The number of hydrogen-bond acceptors (Lipinski definition) is 8. The van der Waals surface area contributed by atoms with Crippen molar-refractivity contribution >= 4 is 10.9 Å². The maximum atomic E-state index is 13.6. The fourth-order valence-electron chi connectivity index (χ4n) is 5.92. The molecule has 0 saturated carbocycles. The van der Waals surface area contributed by atoms with E-state index < -0.39 is 0 Å². The van der Waals surface area contributed by atoms with Crippen LogP contribution in [0.25, 0.3) is 10.9 Å². The van der Waals surface area contributed by atoms with Gasteiger partial charge in [0.25, 0.3) is 5.56 Å². The second-order valence-corrected chi connectivity index (χ2v) is 10.7. The normalized spacial score (nSPS) is 19.3. The van der Waals surface area contributed by atoms with Crippen molar-refractivity contribution in [1.82, 2.24) is 35.0 Å². The van der Waals surface area contributed by atoms with Crippen LogP contribution < -0.4 is 10.3 Å². The van der Waals surface area contributed by atoms with Gasteiger partial charge in [-0.05, 0) is 76.5 Å². The van der Waals surface area contributed by atoms with Gasteiger partial charge in [0.1, 0.15) is 11.8 Å². The number of aryl methyl sites for hydroxylation is 1. The van der Waals surface area contributed by atoms with Crippen molar-refractivity contribution in [3.8, 4) is 5.75 Å². The molecule has 0 spiro atoms. The van der Waals surface area contributed by atoms with E-state index in [-0.39, 0.29) is 17.7 Å². The summed E-state index contributed by atoms with van der Waals surface area (Å²) in [7, 11) is 1.70. The highest BCUT2D eigenvalue weighted by molar-refractivity contribution is 5.80. The quantitative estimate of drug-likeness (QED) is 0.344. The molecule has 2 atom stereocenters. The number of piperazine rings is 1. The number of benzene rings is 2. The van der Waals surface area contributed by atoms with E-state index in [1.165, 1.54) is 11.1 Å². The second kappa shape index (κ2) is 11.9. The van der Waals surface area contributed by atoms with E-state index in [2.05, 4.69) is 61.5 Å². The van der Waals surface area contributed by atoms with Crippen molar-refractivity contribution in [2.45, 2.75) is 51.4 Å². The lowest BCUT2D eigenvalue weighted by molar-refractivity contribution is 0.0840. The number of nitrogens with one attached hydrogen (secondary N) is 1. The third kappa shape index (κ3) is 5.65. The van der Waals surface area contributed by atoms with Crippen molar-refractivity contribution in [3.05, 3.63) is 81.4 Å². The number of nitrogens with zero attached hydrogens (tertiary/aromatic N) is 6. The predicted molar refractivity (Wildman–Crippen MR) is 152 cm³/mol. The molecule has 0 radical (unpaired) electrons. The Morgan fingerprint density at radius 1 is 1.10 bits per heavy atom. The summed E-state index contributed by atoms with van der Waals surface area (Å²) in [5, 5.41) is 13.9. The molecule has 2 saturated heterocycles. The molecule has 0 amide bonds. The molecule has 210 valence electrons. The summed E-state index contributed by atoms with van der Waals surface area (Å²) in [5.74, 6) is 1.56. The molecule has 4 heterocycles. The van der Waals surface area contributed by atoms with Gasteiger partial charge in [-0.25, -0.2) is 4.68 Å². The molecule has 2 fully saturated rings. The van der Waals surface area contributed by atoms with Gasteiger partial charge in [0, 0.05) is 50.4 Å². The van der Waals surface area contributed by atoms with E-state index in [9.17, 15) is 4.79 Å². The van der Waals surface area contributed by atoms with Crippen LogP contribution in [0.3, 0.4) is 0 Å². The van der Waals surface area contributed by atoms with E-state index in [1.807, 2.05) is 28.9 Å². The molecule has 40 heavy (non-hydrogen) atoms. The van der Waals surface area contributed by atoms with Crippen LogP contribution >= 0.6 is 0 Å². The Hall–Kier alpha value is -3.60. The average molecular weight is 544 g/mol. The van der Waals surface area contributed by atoms with E-state index in [0.717, 1.165) is 75.2 Å². The topological polar surface area (TPSA) is 101 Å². The summed E-state index contributed by atoms with van der Waals surface area (Å²) in [6.45, 7) is 7.65. The predicted octanol–water partition coefficient (Wildman–Crippen LogP) is 3.17. The largest absolute Gasteiger partial charge is 0.497 e. The van der Waals surface area contributed by atoms with Crippen LogP contribution in [0.5, 0.6) is 5.75 Å². The smallest absolute Gasteiger partial charge is 0.253 e. The Bertz CT molecular complexity index is 1500. The zero-order valence-corrected chi connectivity index (χ0v) is 23.3. The van der Waals surface area contributed by atoms with Crippen LogP contribution in [-0.4, -0.2) is 81.0 Å². The van der Waals surface area contributed by atoms with E-state index in [1.54, 1.807) is 7.11 Å². The lowest BCUT2D eigenvalue weighted by Gasteiger charge is -2.38. The van der Waals surface area contributed by atoms with Crippen LogP contribution in [0.1, 0.15) is 48.3 Å². The number of pyridine rings is 1. The van der Waals surface area contributed by atoms with Crippen molar-refractivity contribution in [3.63, 3.8) is 0 Å². The molecule has 2 aromatic heterocycles. The molecular formula is C30H37N7O3. The Balaban J connectivity index is 1.31. The highest BCUT2D eigenvalue weighted by atomic mass is 16.5. The maximum absolute atomic E-state index is 13.6. The number of tetrazole rings is 1. The summed E-state index contributed by atoms with van der Waals surface area (Å²) in [6, 6.07) is 16.1. The first-order valence-corrected chi connectivity index (χ1v) is 14.2. The van der Waals surface area contributed by atoms with Crippen LogP contribution in [0, 0.1) is 0 Å². The number of hydrogen-bond donors (Lipinski definition) is 1. The summed E-state index contributed by atoms with van der Waals surface area (Å²) in [5.41, 5.74) is 3.86. The lowest BCUT2D eigenvalue weighted by atomic mass is 10.0. The zero-order chi connectivity index (χ0) is 27.5. The van der Waals surface area contributed by atoms with Gasteiger partial charge < -0.3 is 14.5 Å². The molecule has 0 bridgehead atoms. The molecule has 2 aromatic carbocycles. The zero-order valence-electron chi connectivity index (χ0n) is 23.3. The van der Waals surface area contributed by atoms with Gasteiger partial charge in [0.15, 0.2) is 5.82 Å². The summed E-state index contributed by atoms with van der Waals surface area (Å²) in [6.07, 6.45) is 3.06. The molecule has 10 nitrogen and oxygen atoms in total. The van der Waals surface area contributed by atoms with Gasteiger partial charge >= 0.3 is 0 Å². The van der Waals surface area contributed by atoms with Crippen molar-refractivity contribution in [2.75, 3.05) is 39.9 Å². The summed E-state index contributed by atoms with van der Waals surface area (Å²) in [4.78, 5) is 21.5. The number of aromatic amines is 1. The molecular weight excluding hydrogens is 506 g/mol. The van der Waals surface area contributed by atoms with Gasteiger partial charge in [-0.1, -0.05) is 25.1 Å². The Labute approximate surface area is 233 Å². The van der Waals surface area contributed by atoms with Gasteiger partial charge in [-0.15, -0.1) is 5.10 Å². The van der Waals surface area contributed by atoms with E-state index in [4.69, 9.17) is 9.47 Å².